The molecule has 0 amide bonds. The summed E-state index contributed by atoms with van der Waals surface area (Å²) in [6, 6.07) is 0. The number of ether oxygens (including phenoxy) is 1. The molecule has 1 aromatic rings. The van der Waals surface area contributed by atoms with Crippen molar-refractivity contribution in [1.82, 2.24) is 9.97 Å². The van der Waals surface area contributed by atoms with Crippen LogP contribution < -0.4 is 5.73 Å². The maximum atomic E-state index is 5.78. The molecule has 1 saturated heterocycles. The fourth-order valence-electron chi connectivity index (χ4n) is 1.70. The quantitative estimate of drug-likeness (QED) is 0.738. The molecule has 2 rings (SSSR count). The van der Waals surface area contributed by atoms with Crippen LogP contribution in [-0.2, 0) is 10.2 Å². The highest BCUT2D eigenvalue weighted by molar-refractivity contribution is 5.13. The minimum absolute atomic E-state index is 0.145. The predicted octanol–water partition coefficient (Wildman–Crippen LogP) is 0.402. The van der Waals surface area contributed by atoms with E-state index < -0.39 is 0 Å². The lowest BCUT2D eigenvalue weighted by Gasteiger charge is -2.23. The molecule has 0 spiro atoms. The van der Waals surface area contributed by atoms with E-state index in [1.807, 2.05) is 19.3 Å². The van der Waals surface area contributed by atoms with Gasteiger partial charge in [-0.2, -0.15) is 0 Å². The zero-order valence-corrected chi connectivity index (χ0v) is 8.36. The van der Waals surface area contributed by atoms with E-state index >= 15 is 0 Å². The van der Waals surface area contributed by atoms with Crippen LogP contribution in [0.25, 0.3) is 0 Å². The second kappa shape index (κ2) is 3.63. The third kappa shape index (κ3) is 1.51. The number of aromatic nitrogens is 2. The smallest absolute Gasteiger partial charge is 0.138 e. The third-order valence-electron chi connectivity index (χ3n) is 2.75. The zero-order valence-electron chi connectivity index (χ0n) is 8.36. The first kappa shape index (κ1) is 9.55. The molecule has 1 aromatic heterocycles. The molecule has 1 aliphatic rings. The minimum atomic E-state index is -0.145. The maximum Gasteiger partial charge on any atom is 0.138 e. The Bertz CT molecular complexity index is 304. The van der Waals surface area contributed by atoms with Crippen molar-refractivity contribution in [2.24, 2.45) is 5.73 Å². The molecule has 4 heteroatoms. The van der Waals surface area contributed by atoms with Crippen molar-refractivity contribution >= 4 is 0 Å². The Hall–Kier alpha value is -1.00. The standard InChI is InChI=1S/C10H15N3O/c1-8-4-12-9(13-5-8)10(6-11)2-3-14-7-10/h4-5H,2-3,6-7,11H2,1H3. The fourth-order valence-corrected chi connectivity index (χ4v) is 1.70. The van der Waals surface area contributed by atoms with Crippen LogP contribution in [0.2, 0.25) is 0 Å². The average Bonchev–Trinajstić information content (AvgIpc) is 2.68. The van der Waals surface area contributed by atoms with Crippen molar-refractivity contribution < 1.29 is 4.74 Å². The first-order valence-corrected chi connectivity index (χ1v) is 4.84. The van der Waals surface area contributed by atoms with Crippen LogP contribution in [0.15, 0.2) is 12.4 Å². The molecule has 1 atom stereocenters. The molecule has 1 unspecified atom stereocenters. The summed E-state index contributed by atoms with van der Waals surface area (Å²) in [7, 11) is 0. The van der Waals surface area contributed by atoms with E-state index in [0.717, 1.165) is 24.4 Å². The molecule has 1 fully saturated rings. The van der Waals surface area contributed by atoms with Crippen LogP contribution in [0.5, 0.6) is 0 Å². The third-order valence-corrected chi connectivity index (χ3v) is 2.75. The number of rotatable bonds is 2. The molecule has 0 aromatic carbocycles. The van der Waals surface area contributed by atoms with Crippen LogP contribution in [0.1, 0.15) is 17.8 Å². The van der Waals surface area contributed by atoms with Crippen LogP contribution in [-0.4, -0.2) is 29.7 Å². The number of hydrogen-bond donors (Lipinski definition) is 1. The summed E-state index contributed by atoms with van der Waals surface area (Å²) in [5.41, 5.74) is 6.70. The molecule has 0 aliphatic carbocycles. The Balaban J connectivity index is 2.31. The van der Waals surface area contributed by atoms with Crippen molar-refractivity contribution in [2.75, 3.05) is 19.8 Å². The summed E-state index contributed by atoms with van der Waals surface area (Å²) >= 11 is 0. The number of nitrogens with two attached hydrogens (primary N) is 1. The van der Waals surface area contributed by atoms with Gasteiger partial charge in [-0.3, -0.25) is 0 Å². The predicted molar refractivity (Wildman–Crippen MR) is 52.9 cm³/mol. The topological polar surface area (TPSA) is 61.0 Å². The van der Waals surface area contributed by atoms with E-state index in [-0.39, 0.29) is 5.41 Å². The first-order chi connectivity index (χ1) is 6.77. The van der Waals surface area contributed by atoms with E-state index in [9.17, 15) is 0 Å². The van der Waals surface area contributed by atoms with Crippen LogP contribution >= 0.6 is 0 Å². The second-order valence-electron chi connectivity index (χ2n) is 3.87. The lowest BCUT2D eigenvalue weighted by molar-refractivity contribution is 0.176. The van der Waals surface area contributed by atoms with E-state index in [1.165, 1.54) is 0 Å². The van der Waals surface area contributed by atoms with Crippen molar-refractivity contribution in [1.29, 1.82) is 0 Å². The Morgan fingerprint density at radius 1 is 1.50 bits per heavy atom. The normalized spacial score (nSPS) is 26.7. The van der Waals surface area contributed by atoms with Crippen molar-refractivity contribution in [3.8, 4) is 0 Å². The lowest BCUT2D eigenvalue weighted by atomic mass is 9.86. The van der Waals surface area contributed by atoms with Gasteiger partial charge in [0.15, 0.2) is 0 Å². The van der Waals surface area contributed by atoms with E-state index in [2.05, 4.69) is 9.97 Å². The van der Waals surface area contributed by atoms with Gasteiger partial charge in [-0.25, -0.2) is 9.97 Å². The van der Waals surface area contributed by atoms with Gasteiger partial charge in [0.2, 0.25) is 0 Å². The summed E-state index contributed by atoms with van der Waals surface area (Å²) in [6.45, 7) is 3.93. The van der Waals surface area contributed by atoms with Gasteiger partial charge in [-0.1, -0.05) is 0 Å². The molecule has 2 N–H and O–H groups in total. The maximum absolute atomic E-state index is 5.78. The fraction of sp³-hybridized carbons (Fsp3) is 0.600. The summed E-state index contributed by atoms with van der Waals surface area (Å²) in [4.78, 5) is 8.66. The zero-order chi connectivity index (χ0) is 10.0. The van der Waals surface area contributed by atoms with Gasteiger partial charge in [-0.05, 0) is 18.9 Å². The first-order valence-electron chi connectivity index (χ1n) is 4.84. The molecule has 14 heavy (non-hydrogen) atoms. The highest BCUT2D eigenvalue weighted by atomic mass is 16.5. The van der Waals surface area contributed by atoms with E-state index in [1.54, 1.807) is 0 Å². The monoisotopic (exact) mass is 193 g/mol. The summed E-state index contributed by atoms with van der Waals surface area (Å²) in [6.07, 6.45) is 4.59. The Morgan fingerprint density at radius 2 is 2.21 bits per heavy atom. The minimum Gasteiger partial charge on any atom is -0.380 e. The molecule has 76 valence electrons. The summed E-state index contributed by atoms with van der Waals surface area (Å²) < 4.78 is 5.38. The summed E-state index contributed by atoms with van der Waals surface area (Å²) in [5.74, 6) is 0.822. The molecule has 1 aliphatic heterocycles. The van der Waals surface area contributed by atoms with Gasteiger partial charge in [0.1, 0.15) is 5.82 Å². The van der Waals surface area contributed by atoms with Gasteiger partial charge < -0.3 is 10.5 Å². The number of nitrogens with zero attached hydrogens (tertiary/aromatic N) is 2. The molecule has 2 heterocycles. The van der Waals surface area contributed by atoms with E-state index in [4.69, 9.17) is 10.5 Å². The Morgan fingerprint density at radius 3 is 2.71 bits per heavy atom. The Labute approximate surface area is 83.5 Å². The van der Waals surface area contributed by atoms with Gasteiger partial charge in [0, 0.05) is 25.5 Å². The largest absolute Gasteiger partial charge is 0.380 e. The molecule has 0 bridgehead atoms. The number of hydrogen-bond acceptors (Lipinski definition) is 4. The van der Waals surface area contributed by atoms with Crippen molar-refractivity contribution in [2.45, 2.75) is 18.8 Å². The van der Waals surface area contributed by atoms with Crippen LogP contribution in [0, 0.1) is 6.92 Å². The van der Waals surface area contributed by atoms with Gasteiger partial charge in [0.05, 0.1) is 12.0 Å². The lowest BCUT2D eigenvalue weighted by Crippen LogP contribution is -2.37. The number of aryl methyl sites for hydroxylation is 1. The second-order valence-corrected chi connectivity index (χ2v) is 3.87. The molecule has 0 radical (unpaired) electrons. The molecular weight excluding hydrogens is 178 g/mol. The average molecular weight is 193 g/mol. The van der Waals surface area contributed by atoms with Crippen LogP contribution in [0.4, 0.5) is 0 Å². The highest BCUT2D eigenvalue weighted by Crippen LogP contribution is 2.29. The van der Waals surface area contributed by atoms with Gasteiger partial charge in [0.25, 0.3) is 0 Å². The van der Waals surface area contributed by atoms with Crippen molar-refractivity contribution in [3.05, 3.63) is 23.8 Å². The van der Waals surface area contributed by atoms with E-state index in [0.29, 0.717) is 13.2 Å². The molecule has 0 saturated carbocycles. The highest BCUT2D eigenvalue weighted by Gasteiger charge is 2.37. The van der Waals surface area contributed by atoms with Gasteiger partial charge >= 0.3 is 0 Å². The van der Waals surface area contributed by atoms with Gasteiger partial charge in [-0.15, -0.1) is 0 Å². The van der Waals surface area contributed by atoms with Crippen molar-refractivity contribution in [3.63, 3.8) is 0 Å². The SMILES string of the molecule is Cc1cnc(C2(CN)CCOC2)nc1. The molecule has 4 nitrogen and oxygen atoms in total. The van der Waals surface area contributed by atoms with Crippen LogP contribution in [0.3, 0.4) is 0 Å². The Kier molecular flexibility index (Phi) is 2.48. The molecular formula is C10H15N3O. The summed E-state index contributed by atoms with van der Waals surface area (Å²) in [5, 5.41) is 0.